The Kier molecular flexibility index (Phi) is 2.93. The topological polar surface area (TPSA) is 55.2 Å². The van der Waals surface area contributed by atoms with Crippen LogP contribution < -0.4 is 4.83 Å². The molecule has 0 aliphatic carbocycles. The van der Waals surface area contributed by atoms with Crippen molar-refractivity contribution in [2.24, 2.45) is 0 Å². The Morgan fingerprint density at radius 2 is 1.45 bits per heavy atom. The van der Waals surface area contributed by atoms with E-state index in [4.69, 9.17) is 10.1 Å². The number of nitrogens with zero attached hydrogens (tertiary/aromatic N) is 1. The van der Waals surface area contributed by atoms with Gasteiger partial charge in [0.25, 0.3) is 0 Å². The van der Waals surface area contributed by atoms with Crippen LogP contribution in [0.15, 0.2) is 0 Å². The molecule has 0 fully saturated rings. The van der Waals surface area contributed by atoms with Crippen LogP contribution >= 0.6 is 10.4 Å². The maximum absolute atomic E-state index is 10.9. The van der Waals surface area contributed by atoms with Gasteiger partial charge in [-0.1, -0.05) is 19.4 Å². The molecule has 0 aliphatic rings. The van der Waals surface area contributed by atoms with Crippen LogP contribution in [0.25, 0.3) is 0 Å². The second-order valence-corrected chi connectivity index (χ2v) is 3.44. The predicted molar refractivity (Wildman–Crippen MR) is 29.0 cm³/mol. The van der Waals surface area contributed by atoms with E-state index in [0.29, 0.717) is 0 Å². The van der Waals surface area contributed by atoms with Crippen LogP contribution in [0.2, 0.25) is 0 Å². The van der Waals surface area contributed by atoms with Gasteiger partial charge in [0.1, 0.15) is 0 Å². The van der Waals surface area contributed by atoms with Gasteiger partial charge in [-0.15, -0.1) is 0 Å². The number of rotatable bonds is 2. The summed E-state index contributed by atoms with van der Waals surface area (Å²) in [6.07, 6.45) is 0. The van der Waals surface area contributed by atoms with Gasteiger partial charge in [-0.2, -0.15) is 0 Å². The Balaban J connectivity index is 0. The monoisotopic (exact) mass is 211 g/mol. The molecule has 0 aromatic carbocycles. The molecule has 0 aromatic heterocycles. The average molecular weight is 211 g/mol. The molecular formula is HF5N2NaO2S. The van der Waals surface area contributed by atoms with Gasteiger partial charge >= 0.3 is 10.4 Å². The molecule has 0 saturated heterocycles. The van der Waals surface area contributed by atoms with Crippen molar-refractivity contribution >= 4 is 40.0 Å². The summed E-state index contributed by atoms with van der Waals surface area (Å²) >= 11 is 0. The fraction of sp³-hybridized carbons (Fsp3) is 0. The normalized spacial score (nSPS) is 17.2. The maximum Gasteiger partial charge on any atom is 0.409 e. The molecule has 0 unspecified atom stereocenters. The summed E-state index contributed by atoms with van der Waals surface area (Å²) in [5, 5.41) is 6.60. The van der Waals surface area contributed by atoms with Gasteiger partial charge in [0.15, 0.2) is 5.03 Å². The van der Waals surface area contributed by atoms with Crippen LogP contribution in [0.4, 0.5) is 19.4 Å². The second-order valence-electron chi connectivity index (χ2n) is 1.32. The van der Waals surface area contributed by atoms with E-state index in [9.17, 15) is 19.4 Å². The van der Waals surface area contributed by atoms with Gasteiger partial charge in [-0.05, 0) is 0 Å². The molecule has 0 rings (SSSR count). The van der Waals surface area contributed by atoms with Crippen molar-refractivity contribution in [1.29, 1.82) is 0 Å². The van der Waals surface area contributed by atoms with Crippen molar-refractivity contribution < 1.29 is 24.5 Å². The van der Waals surface area contributed by atoms with Gasteiger partial charge in [0.2, 0.25) is 0 Å². The Bertz CT molecular complexity index is 170. The van der Waals surface area contributed by atoms with Gasteiger partial charge < -0.3 is 0 Å². The summed E-state index contributed by atoms with van der Waals surface area (Å²) in [5.41, 5.74) is 0. The van der Waals surface area contributed by atoms with E-state index in [0.717, 1.165) is 0 Å². The molecule has 0 atom stereocenters. The third-order valence-corrected chi connectivity index (χ3v) is 0.741. The number of hydrogen-bond acceptors (Lipinski definition) is 2. The molecule has 11 heavy (non-hydrogen) atoms. The van der Waals surface area contributed by atoms with Crippen molar-refractivity contribution in [3.05, 3.63) is 10.1 Å². The van der Waals surface area contributed by atoms with E-state index in [1.807, 2.05) is 0 Å². The first-order chi connectivity index (χ1) is 3.89. The standard InChI is InChI=1S/F5HN2O2S.Na/c1-10(2,3,4,5)6-7(8)9;/h6H;. The number of nitro groups is 1. The Hall–Kier alpha value is 0.200. The summed E-state index contributed by atoms with van der Waals surface area (Å²) in [6.45, 7) is 0. The van der Waals surface area contributed by atoms with Crippen molar-refractivity contribution in [3.63, 3.8) is 0 Å². The minimum atomic E-state index is -10.1. The van der Waals surface area contributed by atoms with Crippen molar-refractivity contribution in [2.75, 3.05) is 0 Å². The van der Waals surface area contributed by atoms with Crippen molar-refractivity contribution in [2.45, 2.75) is 0 Å². The number of halogens is 5. The molecule has 1 N–H and O–H groups in total. The quantitative estimate of drug-likeness (QED) is 0.326. The molecule has 0 heterocycles. The van der Waals surface area contributed by atoms with E-state index in [1.165, 1.54) is 0 Å². The molecule has 0 saturated carbocycles. The smallest absolute Gasteiger partial charge is 0.234 e. The third-order valence-electron chi connectivity index (χ3n) is 0.247. The molecule has 0 aliphatic heterocycles. The van der Waals surface area contributed by atoms with Crippen molar-refractivity contribution in [3.8, 4) is 0 Å². The van der Waals surface area contributed by atoms with Crippen LogP contribution in [-0.4, -0.2) is 34.6 Å². The zero-order valence-corrected chi connectivity index (χ0v) is 7.88. The first-order valence-corrected chi connectivity index (χ1v) is 3.52. The van der Waals surface area contributed by atoms with E-state index in [-0.39, 0.29) is 29.6 Å². The van der Waals surface area contributed by atoms with E-state index in [2.05, 4.69) is 0 Å². The van der Waals surface area contributed by atoms with Crippen LogP contribution in [0.1, 0.15) is 0 Å². The molecular weight excluding hydrogens is 210 g/mol. The summed E-state index contributed by atoms with van der Waals surface area (Å²) in [5.74, 6) is 0. The number of hydrogen-bond donors (Lipinski definition) is 1. The zero-order valence-electron chi connectivity index (χ0n) is 5.06. The third kappa shape index (κ3) is 13.2. The SMILES string of the molecule is O=[N+]([O-])NS(F)(F)(F)(F)F.[Na]. The molecule has 0 amide bonds. The van der Waals surface area contributed by atoms with E-state index in [1.54, 1.807) is 0 Å². The number of nitrogens with one attached hydrogen (secondary N) is 1. The van der Waals surface area contributed by atoms with E-state index < -0.39 is 20.3 Å². The Morgan fingerprint density at radius 3 is 1.45 bits per heavy atom. The maximum atomic E-state index is 10.9. The molecule has 65 valence electrons. The summed E-state index contributed by atoms with van der Waals surface area (Å²) < 4.78 is 54.6. The van der Waals surface area contributed by atoms with Gasteiger partial charge in [0, 0.05) is 34.4 Å². The first-order valence-electron chi connectivity index (χ1n) is 1.56. The van der Waals surface area contributed by atoms with Gasteiger partial charge in [-0.25, -0.2) is 10.1 Å². The van der Waals surface area contributed by atoms with Crippen LogP contribution in [0.3, 0.4) is 0 Å². The van der Waals surface area contributed by atoms with Crippen LogP contribution in [0, 0.1) is 10.1 Å². The largest absolute Gasteiger partial charge is 0.409 e. The summed E-state index contributed by atoms with van der Waals surface area (Å²) in [6, 6.07) is 0. The number of hydrazine groups is 1. The summed E-state index contributed by atoms with van der Waals surface area (Å²) in [4.78, 5) is 7.99. The Morgan fingerprint density at radius 1 is 1.18 bits per heavy atom. The molecule has 0 spiro atoms. The minimum absolute atomic E-state index is 0. The molecule has 1 radical (unpaired) electrons. The molecule has 11 heteroatoms. The fourth-order valence-electron chi connectivity index (χ4n) is 0.141. The second kappa shape index (κ2) is 2.34. The van der Waals surface area contributed by atoms with Gasteiger partial charge in [-0.3, -0.25) is 0 Å². The summed E-state index contributed by atoms with van der Waals surface area (Å²) in [7, 11) is -10.1. The van der Waals surface area contributed by atoms with E-state index >= 15 is 0 Å². The minimum Gasteiger partial charge on any atom is -0.234 e. The molecule has 0 bridgehead atoms. The van der Waals surface area contributed by atoms with Gasteiger partial charge in [0.05, 0.1) is 0 Å². The average Bonchev–Trinajstić information content (AvgIpc) is 1.12. The first kappa shape index (κ1) is 13.8. The van der Waals surface area contributed by atoms with Crippen molar-refractivity contribution in [1.82, 2.24) is 4.83 Å². The zero-order chi connectivity index (χ0) is 8.69. The van der Waals surface area contributed by atoms with Crippen LogP contribution in [0.5, 0.6) is 0 Å². The van der Waals surface area contributed by atoms with Crippen LogP contribution in [-0.2, 0) is 0 Å². The fourth-order valence-corrected chi connectivity index (χ4v) is 0.423. The molecule has 0 aromatic rings. The predicted octanol–water partition coefficient (Wildman–Crippen LogP) is 1.60. The Labute approximate surface area is 79.4 Å². The molecule has 4 nitrogen and oxygen atoms in total.